The van der Waals surface area contributed by atoms with E-state index in [1.807, 2.05) is 27.2 Å². The molecule has 0 aromatic carbocycles. The normalized spacial score (nSPS) is 15.6. The number of nitrogens with zero attached hydrogens (tertiary/aromatic N) is 1. The quantitative estimate of drug-likeness (QED) is 0.0279. The van der Waals surface area contributed by atoms with Crippen LogP contribution in [-0.4, -0.2) is 68.5 Å². The molecular formula is C50H81N2O6P. The summed E-state index contributed by atoms with van der Waals surface area (Å²) in [4.78, 5) is 25.2. The standard InChI is InChI=1S/C50H81N2O6P/c1-6-8-10-12-14-16-17-18-19-20-21-22-23-24-25-26-27-28-29-30-31-32-33-34-35-36-38-40-42-44-50(54)51-48(47-58-59(55,56)57-46-45-52(3,4)5)49(53)43-41-39-37-15-13-11-9-7-2/h8,10,13-16,18-19,21-22,24-25,27-28,30-31,33-34,36,38,41,43,48-49,53H,6-7,9,11-12,17,20,23,26,29,32,35,37,39-40,42,44-47H2,1-5H3,(H-,51,54,55,56)/b10-8-,15-13+,16-14-,19-18-,22-21-,25-24-,28-27-,31-30-,34-33-,38-36-,43-41+. The molecule has 0 aromatic heterocycles. The summed E-state index contributed by atoms with van der Waals surface area (Å²) in [6, 6.07) is -0.941. The van der Waals surface area contributed by atoms with Gasteiger partial charge in [-0.3, -0.25) is 9.36 Å². The van der Waals surface area contributed by atoms with Crippen molar-refractivity contribution in [3.05, 3.63) is 134 Å². The second-order valence-electron chi connectivity index (χ2n) is 15.3. The van der Waals surface area contributed by atoms with Crippen LogP contribution < -0.4 is 10.2 Å². The number of quaternary nitrogens is 1. The van der Waals surface area contributed by atoms with Crippen LogP contribution in [0.1, 0.15) is 123 Å². The van der Waals surface area contributed by atoms with E-state index >= 15 is 0 Å². The van der Waals surface area contributed by atoms with E-state index in [0.717, 1.165) is 96.3 Å². The summed E-state index contributed by atoms with van der Waals surface area (Å²) in [5.41, 5.74) is 0. The van der Waals surface area contributed by atoms with Gasteiger partial charge in [-0.05, 0) is 89.9 Å². The van der Waals surface area contributed by atoms with Crippen LogP contribution in [0.3, 0.4) is 0 Å². The summed E-state index contributed by atoms with van der Waals surface area (Å²) >= 11 is 0. The summed E-state index contributed by atoms with van der Waals surface area (Å²) in [6.07, 6.45) is 61.1. The zero-order chi connectivity index (χ0) is 43.6. The molecule has 59 heavy (non-hydrogen) atoms. The molecular weight excluding hydrogens is 756 g/mol. The van der Waals surface area contributed by atoms with Gasteiger partial charge in [-0.2, -0.15) is 0 Å². The Bertz CT molecular complexity index is 1410. The molecule has 1 amide bonds. The van der Waals surface area contributed by atoms with Gasteiger partial charge in [0.05, 0.1) is 39.9 Å². The molecule has 0 bridgehead atoms. The lowest BCUT2D eigenvalue weighted by atomic mass is 10.1. The Hall–Kier alpha value is -3.36. The molecule has 0 saturated carbocycles. The highest BCUT2D eigenvalue weighted by Crippen LogP contribution is 2.38. The zero-order valence-corrected chi connectivity index (χ0v) is 38.3. The number of unbranched alkanes of at least 4 members (excludes halogenated alkanes) is 4. The Morgan fingerprint density at radius 2 is 1.02 bits per heavy atom. The molecule has 0 heterocycles. The molecule has 0 aliphatic carbocycles. The van der Waals surface area contributed by atoms with Gasteiger partial charge in [0.15, 0.2) is 0 Å². The molecule has 0 aromatic rings. The van der Waals surface area contributed by atoms with Crippen molar-refractivity contribution in [2.45, 2.75) is 135 Å². The molecule has 3 unspecified atom stereocenters. The van der Waals surface area contributed by atoms with Gasteiger partial charge in [-0.25, -0.2) is 0 Å². The molecule has 9 heteroatoms. The molecule has 0 aliphatic heterocycles. The van der Waals surface area contributed by atoms with E-state index in [4.69, 9.17) is 9.05 Å². The Morgan fingerprint density at radius 3 is 1.47 bits per heavy atom. The summed E-state index contributed by atoms with van der Waals surface area (Å²) < 4.78 is 23.0. The Morgan fingerprint density at radius 1 is 0.610 bits per heavy atom. The van der Waals surface area contributed by atoms with E-state index in [2.05, 4.69) is 141 Å². The van der Waals surface area contributed by atoms with Crippen LogP contribution in [0.5, 0.6) is 0 Å². The fourth-order valence-corrected chi connectivity index (χ4v) is 5.82. The zero-order valence-electron chi connectivity index (χ0n) is 37.4. The smallest absolute Gasteiger partial charge is 0.268 e. The largest absolute Gasteiger partial charge is 0.756 e. The van der Waals surface area contributed by atoms with Crippen LogP contribution in [0.4, 0.5) is 0 Å². The minimum atomic E-state index is -4.61. The molecule has 0 rings (SSSR count). The third-order valence-corrected chi connectivity index (χ3v) is 9.56. The van der Waals surface area contributed by atoms with E-state index < -0.39 is 26.6 Å². The molecule has 0 fully saturated rings. The fourth-order valence-electron chi connectivity index (χ4n) is 5.09. The topological polar surface area (TPSA) is 108 Å². The third kappa shape index (κ3) is 42.6. The number of rotatable bonds is 37. The number of likely N-dealkylation sites (N-methyl/N-ethyl adjacent to an activating group) is 1. The number of amides is 1. The van der Waals surface area contributed by atoms with Crippen molar-refractivity contribution >= 4 is 13.7 Å². The number of hydrogen-bond donors (Lipinski definition) is 2. The number of phosphoric ester groups is 1. The van der Waals surface area contributed by atoms with Gasteiger partial charge in [-0.15, -0.1) is 0 Å². The molecule has 0 spiro atoms. The molecule has 0 saturated heterocycles. The van der Waals surface area contributed by atoms with Crippen LogP contribution in [0.15, 0.2) is 134 Å². The number of carbonyl (C=O) groups is 1. The van der Waals surface area contributed by atoms with Crippen molar-refractivity contribution in [1.29, 1.82) is 0 Å². The van der Waals surface area contributed by atoms with Crippen LogP contribution in [0, 0.1) is 0 Å². The molecule has 332 valence electrons. The SMILES string of the molecule is CC/C=C\C/C=C\C/C=C\C/C=C\C/C=C\C/C=C\C/C=C\C/C=C\C/C=C\CCCC(=O)NC(COP(=O)([O-])OCC[N+](C)(C)C)C(O)/C=C/CC/C=C/CCCC. The van der Waals surface area contributed by atoms with Crippen molar-refractivity contribution < 1.29 is 32.9 Å². The van der Waals surface area contributed by atoms with Crippen molar-refractivity contribution in [1.82, 2.24) is 5.32 Å². The average molecular weight is 837 g/mol. The Kier molecular flexibility index (Phi) is 37.8. The van der Waals surface area contributed by atoms with E-state index in [1.165, 1.54) is 0 Å². The van der Waals surface area contributed by atoms with Gasteiger partial charge in [0.2, 0.25) is 5.91 Å². The van der Waals surface area contributed by atoms with Crippen molar-refractivity contribution in [3.8, 4) is 0 Å². The summed E-state index contributed by atoms with van der Waals surface area (Å²) in [7, 11) is 1.17. The summed E-state index contributed by atoms with van der Waals surface area (Å²) in [5, 5.41) is 13.6. The van der Waals surface area contributed by atoms with Gasteiger partial charge in [-0.1, -0.05) is 160 Å². The number of hydrogen-bond acceptors (Lipinski definition) is 6. The maximum Gasteiger partial charge on any atom is 0.268 e. The predicted octanol–water partition coefficient (Wildman–Crippen LogP) is 11.8. The van der Waals surface area contributed by atoms with Crippen molar-refractivity contribution in [2.75, 3.05) is 40.9 Å². The van der Waals surface area contributed by atoms with E-state index in [9.17, 15) is 19.4 Å². The Labute approximate surface area is 360 Å². The lowest BCUT2D eigenvalue weighted by molar-refractivity contribution is -0.870. The summed E-state index contributed by atoms with van der Waals surface area (Å²) in [6.45, 7) is 4.34. The molecule has 0 aliphatic rings. The Balaban J connectivity index is 4.39. The third-order valence-electron chi connectivity index (χ3n) is 8.59. The summed E-state index contributed by atoms with van der Waals surface area (Å²) in [5.74, 6) is -0.277. The first-order valence-corrected chi connectivity index (χ1v) is 23.5. The van der Waals surface area contributed by atoms with E-state index in [-0.39, 0.29) is 18.9 Å². The van der Waals surface area contributed by atoms with Crippen molar-refractivity contribution in [2.24, 2.45) is 0 Å². The number of carbonyl (C=O) groups excluding carboxylic acids is 1. The molecule has 8 nitrogen and oxygen atoms in total. The highest BCUT2D eigenvalue weighted by Gasteiger charge is 2.23. The van der Waals surface area contributed by atoms with Gasteiger partial charge in [0, 0.05) is 6.42 Å². The van der Waals surface area contributed by atoms with Gasteiger partial charge in [0.25, 0.3) is 7.82 Å². The van der Waals surface area contributed by atoms with E-state index in [0.29, 0.717) is 17.4 Å². The maximum absolute atomic E-state index is 12.8. The highest BCUT2D eigenvalue weighted by atomic mass is 31.2. The first-order chi connectivity index (χ1) is 28.5. The lowest BCUT2D eigenvalue weighted by Crippen LogP contribution is -2.45. The molecule has 3 atom stereocenters. The van der Waals surface area contributed by atoms with Crippen molar-refractivity contribution in [3.63, 3.8) is 0 Å². The maximum atomic E-state index is 12.8. The molecule has 2 N–H and O–H groups in total. The minimum Gasteiger partial charge on any atom is -0.756 e. The van der Waals surface area contributed by atoms with Gasteiger partial charge >= 0.3 is 0 Å². The number of aliphatic hydroxyl groups excluding tert-OH is 1. The van der Waals surface area contributed by atoms with Crippen LogP contribution >= 0.6 is 7.82 Å². The van der Waals surface area contributed by atoms with Gasteiger partial charge < -0.3 is 28.8 Å². The highest BCUT2D eigenvalue weighted by molar-refractivity contribution is 7.45. The second-order valence-corrected chi connectivity index (χ2v) is 16.7. The predicted molar refractivity (Wildman–Crippen MR) is 251 cm³/mol. The first kappa shape index (κ1) is 55.6. The van der Waals surface area contributed by atoms with Crippen LogP contribution in [-0.2, 0) is 18.4 Å². The fraction of sp³-hybridized carbons (Fsp3) is 0.540. The lowest BCUT2D eigenvalue weighted by Gasteiger charge is -2.29. The molecule has 0 radical (unpaired) electrons. The first-order valence-electron chi connectivity index (χ1n) is 22.0. The van der Waals surface area contributed by atoms with Crippen LogP contribution in [0.2, 0.25) is 0 Å². The van der Waals surface area contributed by atoms with E-state index in [1.54, 1.807) is 6.08 Å². The second kappa shape index (κ2) is 40.1. The number of aliphatic hydroxyl groups is 1. The monoisotopic (exact) mass is 837 g/mol. The van der Waals surface area contributed by atoms with Gasteiger partial charge in [0.1, 0.15) is 13.2 Å². The van der Waals surface area contributed by atoms with Crippen LogP contribution in [0.25, 0.3) is 0 Å². The number of allylic oxidation sites excluding steroid dienone is 21. The minimum absolute atomic E-state index is 0.0262. The number of nitrogens with one attached hydrogen (secondary N) is 1. The number of phosphoric acid groups is 1. The average Bonchev–Trinajstić information content (AvgIpc) is 3.19.